The summed E-state index contributed by atoms with van der Waals surface area (Å²) in [5.41, 5.74) is 2.37. The molecule has 0 saturated heterocycles. The van der Waals surface area contributed by atoms with Crippen LogP contribution in [0.2, 0.25) is 0 Å². The first kappa shape index (κ1) is 16.9. The molecule has 128 valence electrons. The van der Waals surface area contributed by atoms with Crippen molar-refractivity contribution in [3.63, 3.8) is 0 Å². The van der Waals surface area contributed by atoms with E-state index in [-0.39, 0.29) is 12.2 Å². The van der Waals surface area contributed by atoms with Gasteiger partial charge in [-0.05, 0) is 49.2 Å². The SMILES string of the molecule is C[C@@H](OC(=O)CCc1c[nH]c2ccccc12)C(=O)c1ccc(F)cc1. The van der Waals surface area contributed by atoms with Gasteiger partial charge < -0.3 is 9.72 Å². The second kappa shape index (κ2) is 7.30. The molecule has 0 fully saturated rings. The summed E-state index contributed by atoms with van der Waals surface area (Å²) in [6, 6.07) is 13.0. The average molecular weight is 339 g/mol. The molecule has 3 rings (SSSR count). The van der Waals surface area contributed by atoms with Crippen molar-refractivity contribution in [3.05, 3.63) is 71.7 Å². The van der Waals surface area contributed by atoms with Gasteiger partial charge in [-0.15, -0.1) is 0 Å². The minimum absolute atomic E-state index is 0.183. The van der Waals surface area contributed by atoms with Crippen molar-refractivity contribution in [2.75, 3.05) is 0 Å². The number of benzene rings is 2. The quantitative estimate of drug-likeness (QED) is 0.544. The minimum atomic E-state index is -0.902. The summed E-state index contributed by atoms with van der Waals surface area (Å²) in [6.45, 7) is 1.52. The number of fused-ring (bicyclic) bond motifs is 1. The van der Waals surface area contributed by atoms with E-state index in [0.29, 0.717) is 12.0 Å². The molecule has 0 radical (unpaired) electrons. The molecule has 4 nitrogen and oxygen atoms in total. The summed E-state index contributed by atoms with van der Waals surface area (Å²) in [5, 5.41) is 1.07. The van der Waals surface area contributed by atoms with Crippen molar-refractivity contribution < 1.29 is 18.7 Å². The van der Waals surface area contributed by atoms with Crippen LogP contribution in [-0.4, -0.2) is 22.8 Å². The van der Waals surface area contributed by atoms with Crippen molar-refractivity contribution >= 4 is 22.7 Å². The van der Waals surface area contributed by atoms with Crippen LogP contribution < -0.4 is 0 Å². The largest absolute Gasteiger partial charge is 0.454 e. The van der Waals surface area contributed by atoms with Gasteiger partial charge in [0.1, 0.15) is 5.82 Å². The highest BCUT2D eigenvalue weighted by Gasteiger charge is 2.19. The first-order valence-corrected chi connectivity index (χ1v) is 8.09. The average Bonchev–Trinajstić information content (AvgIpc) is 3.03. The Hall–Kier alpha value is -2.95. The predicted octanol–water partition coefficient (Wildman–Crippen LogP) is 4.05. The highest BCUT2D eigenvalue weighted by molar-refractivity contribution is 6.00. The number of para-hydroxylation sites is 1. The molecule has 0 saturated carbocycles. The number of carbonyl (C=O) groups is 2. The number of aryl methyl sites for hydroxylation is 1. The maximum Gasteiger partial charge on any atom is 0.306 e. The summed E-state index contributed by atoms with van der Waals surface area (Å²) < 4.78 is 18.1. The maximum atomic E-state index is 12.9. The van der Waals surface area contributed by atoms with Crippen LogP contribution in [0.5, 0.6) is 0 Å². The second-order valence-electron chi connectivity index (χ2n) is 5.86. The van der Waals surface area contributed by atoms with Crippen molar-refractivity contribution in [1.29, 1.82) is 0 Å². The number of Topliss-reactive ketones (excluding diaryl/α,β-unsaturated/α-hetero) is 1. The first-order chi connectivity index (χ1) is 12.0. The van der Waals surface area contributed by atoms with Gasteiger partial charge in [0.2, 0.25) is 5.78 Å². The Labute approximate surface area is 144 Å². The third-order valence-electron chi connectivity index (χ3n) is 4.08. The minimum Gasteiger partial charge on any atom is -0.454 e. The molecular weight excluding hydrogens is 321 g/mol. The monoisotopic (exact) mass is 339 g/mol. The van der Waals surface area contributed by atoms with E-state index < -0.39 is 17.9 Å². The zero-order valence-corrected chi connectivity index (χ0v) is 13.8. The van der Waals surface area contributed by atoms with Gasteiger partial charge in [0, 0.05) is 29.1 Å². The topological polar surface area (TPSA) is 59.2 Å². The predicted molar refractivity (Wildman–Crippen MR) is 92.9 cm³/mol. The number of rotatable bonds is 6. The van der Waals surface area contributed by atoms with E-state index in [0.717, 1.165) is 16.5 Å². The van der Waals surface area contributed by atoms with Crippen LogP contribution in [0.15, 0.2) is 54.7 Å². The standard InChI is InChI=1S/C20H18FNO3/c1-13(20(24)14-6-9-16(21)10-7-14)25-19(23)11-8-15-12-22-18-5-3-2-4-17(15)18/h2-7,9-10,12-13,22H,8,11H2,1H3/t13-/m1/s1. The number of ketones is 1. The van der Waals surface area contributed by atoms with Gasteiger partial charge >= 0.3 is 5.97 Å². The van der Waals surface area contributed by atoms with Crippen LogP contribution in [0.3, 0.4) is 0 Å². The van der Waals surface area contributed by atoms with E-state index in [2.05, 4.69) is 4.98 Å². The van der Waals surface area contributed by atoms with E-state index in [1.165, 1.54) is 31.2 Å². The number of esters is 1. The van der Waals surface area contributed by atoms with E-state index in [4.69, 9.17) is 4.74 Å². The molecule has 1 N–H and O–H groups in total. The third kappa shape index (κ3) is 3.94. The lowest BCUT2D eigenvalue weighted by atomic mass is 10.1. The maximum absolute atomic E-state index is 12.9. The third-order valence-corrected chi connectivity index (χ3v) is 4.08. The Morgan fingerprint density at radius 2 is 1.84 bits per heavy atom. The fourth-order valence-electron chi connectivity index (χ4n) is 2.73. The fourth-order valence-corrected chi connectivity index (χ4v) is 2.73. The first-order valence-electron chi connectivity index (χ1n) is 8.09. The lowest BCUT2D eigenvalue weighted by Crippen LogP contribution is -2.24. The Kier molecular flexibility index (Phi) is 4.93. The van der Waals surface area contributed by atoms with Crippen molar-refractivity contribution in [1.82, 2.24) is 4.98 Å². The molecule has 25 heavy (non-hydrogen) atoms. The fraction of sp³-hybridized carbons (Fsp3) is 0.200. The second-order valence-corrected chi connectivity index (χ2v) is 5.86. The lowest BCUT2D eigenvalue weighted by Gasteiger charge is -2.12. The molecule has 0 amide bonds. The lowest BCUT2D eigenvalue weighted by molar-refractivity contribution is -0.146. The molecule has 0 aliphatic carbocycles. The molecule has 3 aromatic rings. The number of ether oxygens (including phenoxy) is 1. The normalized spacial score (nSPS) is 12.1. The molecule has 2 aromatic carbocycles. The summed E-state index contributed by atoms with van der Waals surface area (Å²) in [4.78, 5) is 27.4. The van der Waals surface area contributed by atoms with Gasteiger partial charge in [-0.3, -0.25) is 9.59 Å². The molecule has 0 bridgehead atoms. The van der Waals surface area contributed by atoms with E-state index in [1.54, 1.807) is 0 Å². The molecule has 5 heteroatoms. The summed E-state index contributed by atoms with van der Waals surface area (Å²) >= 11 is 0. The summed E-state index contributed by atoms with van der Waals surface area (Å²) in [6.07, 6.45) is 1.69. The molecular formula is C20H18FNO3. The van der Waals surface area contributed by atoms with Crippen LogP contribution in [-0.2, 0) is 16.0 Å². The number of nitrogens with one attached hydrogen (secondary N) is 1. The van der Waals surface area contributed by atoms with E-state index in [1.807, 2.05) is 30.5 Å². The highest BCUT2D eigenvalue weighted by atomic mass is 19.1. The van der Waals surface area contributed by atoms with E-state index >= 15 is 0 Å². The van der Waals surface area contributed by atoms with Crippen LogP contribution in [0.1, 0.15) is 29.3 Å². The number of hydrogen-bond acceptors (Lipinski definition) is 3. The molecule has 1 atom stereocenters. The Morgan fingerprint density at radius 3 is 2.60 bits per heavy atom. The molecule has 1 heterocycles. The van der Waals surface area contributed by atoms with Crippen LogP contribution >= 0.6 is 0 Å². The number of hydrogen-bond donors (Lipinski definition) is 1. The number of carbonyl (C=O) groups excluding carboxylic acids is 2. The number of aromatic nitrogens is 1. The number of aromatic amines is 1. The zero-order chi connectivity index (χ0) is 17.8. The molecule has 1 aromatic heterocycles. The molecule has 0 unspecified atom stereocenters. The van der Waals surface area contributed by atoms with Gasteiger partial charge in [0.05, 0.1) is 0 Å². The smallest absolute Gasteiger partial charge is 0.306 e. The van der Waals surface area contributed by atoms with Gasteiger partial charge in [0.15, 0.2) is 6.10 Å². The molecule has 0 aliphatic rings. The van der Waals surface area contributed by atoms with Gasteiger partial charge in [-0.25, -0.2) is 4.39 Å². The Morgan fingerprint density at radius 1 is 1.12 bits per heavy atom. The van der Waals surface area contributed by atoms with Crippen molar-refractivity contribution in [3.8, 4) is 0 Å². The van der Waals surface area contributed by atoms with Gasteiger partial charge in [-0.2, -0.15) is 0 Å². The molecule has 0 aliphatic heterocycles. The highest BCUT2D eigenvalue weighted by Crippen LogP contribution is 2.19. The Bertz CT molecular complexity index is 899. The van der Waals surface area contributed by atoms with Gasteiger partial charge in [0.25, 0.3) is 0 Å². The van der Waals surface area contributed by atoms with Crippen molar-refractivity contribution in [2.45, 2.75) is 25.9 Å². The van der Waals surface area contributed by atoms with E-state index in [9.17, 15) is 14.0 Å². The number of halogens is 1. The summed E-state index contributed by atoms with van der Waals surface area (Å²) in [5.74, 6) is -1.20. The van der Waals surface area contributed by atoms with Crippen LogP contribution in [0, 0.1) is 5.82 Å². The molecule has 0 spiro atoms. The Balaban J connectivity index is 1.56. The van der Waals surface area contributed by atoms with Crippen LogP contribution in [0.4, 0.5) is 4.39 Å². The van der Waals surface area contributed by atoms with Crippen molar-refractivity contribution in [2.24, 2.45) is 0 Å². The summed E-state index contributed by atoms with van der Waals surface area (Å²) in [7, 11) is 0. The van der Waals surface area contributed by atoms with Gasteiger partial charge in [-0.1, -0.05) is 18.2 Å². The zero-order valence-electron chi connectivity index (χ0n) is 13.8. The van der Waals surface area contributed by atoms with Crippen LogP contribution in [0.25, 0.3) is 10.9 Å². The number of H-pyrrole nitrogens is 1.